The molecule has 4 heteroatoms. The van der Waals surface area contributed by atoms with Gasteiger partial charge < -0.3 is 10.6 Å². The minimum absolute atomic E-state index is 0.335. The van der Waals surface area contributed by atoms with Crippen molar-refractivity contribution in [1.82, 2.24) is 9.97 Å². The molecule has 0 radical (unpaired) electrons. The molecular weight excluding hydrogens is 260 g/mol. The van der Waals surface area contributed by atoms with Crippen LogP contribution in [-0.2, 0) is 6.42 Å². The van der Waals surface area contributed by atoms with E-state index in [1.807, 2.05) is 12.4 Å². The number of hydrogen-bond donors (Lipinski definition) is 1. The summed E-state index contributed by atoms with van der Waals surface area (Å²) >= 11 is 0. The number of piperidine rings is 1. The highest BCUT2D eigenvalue weighted by Gasteiger charge is 2.17. The second kappa shape index (κ2) is 6.22. The lowest BCUT2D eigenvalue weighted by Gasteiger charge is -2.30. The second-order valence-electron chi connectivity index (χ2n) is 5.88. The molecule has 1 fully saturated rings. The first kappa shape index (κ1) is 14.0. The van der Waals surface area contributed by atoms with E-state index in [2.05, 4.69) is 46.1 Å². The summed E-state index contributed by atoms with van der Waals surface area (Å²) in [7, 11) is 0. The minimum atomic E-state index is 0.335. The first-order valence-electron chi connectivity index (χ1n) is 7.58. The average Bonchev–Trinajstić information content (AvgIpc) is 2.49. The number of rotatable bonds is 3. The molecule has 110 valence electrons. The zero-order chi connectivity index (χ0) is 14.7. The van der Waals surface area contributed by atoms with Crippen LogP contribution in [-0.4, -0.2) is 29.1 Å². The van der Waals surface area contributed by atoms with Crippen molar-refractivity contribution in [2.75, 3.05) is 18.0 Å². The maximum absolute atomic E-state index is 5.93. The number of aromatic nitrogens is 2. The first-order valence-corrected chi connectivity index (χ1v) is 7.58. The van der Waals surface area contributed by atoms with Gasteiger partial charge in [0.05, 0.1) is 0 Å². The largest absolute Gasteiger partial charge is 0.341 e. The molecule has 0 aliphatic carbocycles. The molecule has 0 bridgehead atoms. The summed E-state index contributed by atoms with van der Waals surface area (Å²) in [4.78, 5) is 11.3. The molecule has 0 unspecified atom stereocenters. The highest BCUT2D eigenvalue weighted by Crippen LogP contribution is 2.16. The molecule has 0 spiro atoms. The van der Waals surface area contributed by atoms with Gasteiger partial charge in [0, 0.05) is 37.9 Å². The Kier molecular flexibility index (Phi) is 4.15. The van der Waals surface area contributed by atoms with Gasteiger partial charge in [0.15, 0.2) is 0 Å². The van der Waals surface area contributed by atoms with Crippen LogP contribution in [0.3, 0.4) is 0 Å². The normalized spacial score (nSPS) is 16.2. The van der Waals surface area contributed by atoms with Crippen LogP contribution in [0.25, 0.3) is 0 Å². The standard InChI is InChI=1S/C17H22N4/c1-13-3-2-4-14(9-13)10-15-11-19-17(20-12-15)21-7-5-16(18)6-8-21/h2-4,9,11-12,16H,5-8,10,18H2,1H3. The van der Waals surface area contributed by atoms with Crippen LogP contribution >= 0.6 is 0 Å². The van der Waals surface area contributed by atoms with Gasteiger partial charge in [-0.2, -0.15) is 0 Å². The number of benzene rings is 1. The topological polar surface area (TPSA) is 55.0 Å². The Morgan fingerprint density at radius 3 is 2.52 bits per heavy atom. The van der Waals surface area contributed by atoms with Crippen molar-refractivity contribution in [1.29, 1.82) is 0 Å². The van der Waals surface area contributed by atoms with Gasteiger partial charge in [-0.05, 0) is 30.9 Å². The van der Waals surface area contributed by atoms with Crippen molar-refractivity contribution in [3.8, 4) is 0 Å². The molecule has 3 rings (SSSR count). The number of nitrogens with two attached hydrogens (primary N) is 1. The molecule has 2 N–H and O–H groups in total. The van der Waals surface area contributed by atoms with E-state index >= 15 is 0 Å². The van der Waals surface area contributed by atoms with Crippen molar-refractivity contribution in [2.24, 2.45) is 5.73 Å². The molecule has 0 atom stereocenters. The molecule has 21 heavy (non-hydrogen) atoms. The van der Waals surface area contributed by atoms with Crippen molar-refractivity contribution >= 4 is 5.95 Å². The van der Waals surface area contributed by atoms with Gasteiger partial charge in [-0.25, -0.2) is 9.97 Å². The summed E-state index contributed by atoms with van der Waals surface area (Å²) in [5.41, 5.74) is 9.67. The van der Waals surface area contributed by atoms with E-state index in [1.54, 1.807) is 0 Å². The molecule has 0 saturated carbocycles. The van der Waals surface area contributed by atoms with Gasteiger partial charge >= 0.3 is 0 Å². The van der Waals surface area contributed by atoms with Crippen molar-refractivity contribution in [3.63, 3.8) is 0 Å². The molecule has 2 aromatic rings. The SMILES string of the molecule is Cc1cccc(Cc2cnc(N3CCC(N)CC3)nc2)c1. The lowest BCUT2D eigenvalue weighted by Crippen LogP contribution is -2.40. The molecule has 0 amide bonds. The van der Waals surface area contributed by atoms with E-state index in [4.69, 9.17) is 5.73 Å². The molecule has 1 saturated heterocycles. The summed E-state index contributed by atoms with van der Waals surface area (Å²) < 4.78 is 0. The van der Waals surface area contributed by atoms with E-state index in [0.29, 0.717) is 6.04 Å². The fourth-order valence-electron chi connectivity index (χ4n) is 2.76. The monoisotopic (exact) mass is 282 g/mol. The fourth-order valence-corrected chi connectivity index (χ4v) is 2.76. The Hall–Kier alpha value is -1.94. The molecule has 1 aromatic carbocycles. The predicted molar refractivity (Wildman–Crippen MR) is 85.4 cm³/mol. The molecule has 1 aromatic heterocycles. The molecule has 2 heterocycles. The Morgan fingerprint density at radius 2 is 1.86 bits per heavy atom. The number of nitrogens with zero attached hydrogens (tertiary/aromatic N) is 3. The molecule has 1 aliphatic rings. The number of aryl methyl sites for hydroxylation is 1. The quantitative estimate of drug-likeness (QED) is 0.938. The molecule has 4 nitrogen and oxygen atoms in total. The van der Waals surface area contributed by atoms with Gasteiger partial charge in [0.2, 0.25) is 5.95 Å². The highest BCUT2D eigenvalue weighted by atomic mass is 15.2. The lowest BCUT2D eigenvalue weighted by atomic mass is 10.1. The van der Waals surface area contributed by atoms with Crippen LogP contribution in [0.15, 0.2) is 36.7 Å². The maximum Gasteiger partial charge on any atom is 0.225 e. The third-order valence-corrected chi connectivity index (χ3v) is 4.00. The van der Waals surface area contributed by atoms with E-state index in [9.17, 15) is 0 Å². The van der Waals surface area contributed by atoms with E-state index < -0.39 is 0 Å². The Bertz CT molecular complexity index is 586. The zero-order valence-corrected chi connectivity index (χ0v) is 12.5. The van der Waals surface area contributed by atoms with Crippen LogP contribution in [0.5, 0.6) is 0 Å². The van der Waals surface area contributed by atoms with Gasteiger partial charge in [-0.1, -0.05) is 29.8 Å². The summed E-state index contributed by atoms with van der Waals surface area (Å²) in [6.45, 7) is 4.03. The Morgan fingerprint density at radius 1 is 1.14 bits per heavy atom. The smallest absolute Gasteiger partial charge is 0.225 e. The highest BCUT2D eigenvalue weighted by molar-refractivity contribution is 5.33. The van der Waals surface area contributed by atoms with Crippen LogP contribution < -0.4 is 10.6 Å². The fraction of sp³-hybridized carbons (Fsp3) is 0.412. The van der Waals surface area contributed by atoms with E-state index in [0.717, 1.165) is 43.9 Å². The van der Waals surface area contributed by atoms with Crippen LogP contribution in [0.1, 0.15) is 29.5 Å². The number of hydrogen-bond acceptors (Lipinski definition) is 4. The van der Waals surface area contributed by atoms with Crippen molar-refractivity contribution < 1.29 is 0 Å². The average molecular weight is 282 g/mol. The number of anilines is 1. The van der Waals surface area contributed by atoms with E-state index in [1.165, 1.54) is 11.1 Å². The summed E-state index contributed by atoms with van der Waals surface area (Å²) in [6.07, 6.45) is 6.81. The van der Waals surface area contributed by atoms with Gasteiger partial charge in [0.25, 0.3) is 0 Å². The van der Waals surface area contributed by atoms with Crippen LogP contribution in [0.4, 0.5) is 5.95 Å². The van der Waals surface area contributed by atoms with Crippen molar-refractivity contribution in [2.45, 2.75) is 32.2 Å². The molecular formula is C17H22N4. The second-order valence-corrected chi connectivity index (χ2v) is 5.88. The Labute approximate surface area is 126 Å². The van der Waals surface area contributed by atoms with Crippen molar-refractivity contribution in [3.05, 3.63) is 53.3 Å². The maximum atomic E-state index is 5.93. The third-order valence-electron chi connectivity index (χ3n) is 4.00. The first-order chi connectivity index (χ1) is 10.2. The van der Waals surface area contributed by atoms with Gasteiger partial charge in [0.1, 0.15) is 0 Å². The Balaban J connectivity index is 1.66. The predicted octanol–water partition coefficient (Wildman–Crippen LogP) is 2.30. The lowest BCUT2D eigenvalue weighted by molar-refractivity contribution is 0.495. The van der Waals surface area contributed by atoms with Crippen LogP contribution in [0.2, 0.25) is 0 Å². The minimum Gasteiger partial charge on any atom is -0.341 e. The molecule has 1 aliphatic heterocycles. The van der Waals surface area contributed by atoms with E-state index in [-0.39, 0.29) is 0 Å². The zero-order valence-electron chi connectivity index (χ0n) is 12.5. The summed E-state index contributed by atoms with van der Waals surface area (Å²) in [5.74, 6) is 0.829. The van der Waals surface area contributed by atoms with Gasteiger partial charge in [-0.3, -0.25) is 0 Å². The third kappa shape index (κ3) is 3.58. The van der Waals surface area contributed by atoms with Gasteiger partial charge in [-0.15, -0.1) is 0 Å². The summed E-state index contributed by atoms with van der Waals surface area (Å²) in [5, 5.41) is 0. The van der Waals surface area contributed by atoms with Crippen LogP contribution in [0, 0.1) is 6.92 Å². The summed E-state index contributed by atoms with van der Waals surface area (Å²) in [6, 6.07) is 8.90.